The van der Waals surface area contributed by atoms with Crippen molar-refractivity contribution in [3.63, 3.8) is 0 Å². The molecule has 0 N–H and O–H groups in total. The van der Waals surface area contributed by atoms with Crippen LogP contribution >= 0.6 is 11.3 Å². The average molecular weight is 301 g/mol. The highest BCUT2D eigenvalue weighted by molar-refractivity contribution is 7.15. The predicted octanol–water partition coefficient (Wildman–Crippen LogP) is 2.39. The van der Waals surface area contributed by atoms with Crippen LogP contribution in [-0.2, 0) is 16.0 Å². The fraction of sp³-hybridized carbons (Fsp3) is 0.333. The molecule has 0 spiro atoms. The van der Waals surface area contributed by atoms with Crippen LogP contribution in [0.25, 0.3) is 0 Å². The van der Waals surface area contributed by atoms with E-state index in [2.05, 4.69) is 10.2 Å². The molecule has 6 heteroatoms. The smallest absolute Gasteiger partial charge is 0.244 e. The van der Waals surface area contributed by atoms with Crippen molar-refractivity contribution in [2.24, 2.45) is 5.92 Å². The van der Waals surface area contributed by atoms with Crippen molar-refractivity contribution in [1.29, 1.82) is 0 Å². The van der Waals surface area contributed by atoms with E-state index in [1.165, 1.54) is 16.2 Å². The second-order valence-corrected chi connectivity index (χ2v) is 6.06. The van der Waals surface area contributed by atoms with Gasteiger partial charge in [0.05, 0.1) is 11.8 Å². The quantitative estimate of drug-likeness (QED) is 0.817. The van der Waals surface area contributed by atoms with Crippen LogP contribution in [0.5, 0.6) is 0 Å². The summed E-state index contributed by atoms with van der Waals surface area (Å²) in [5, 5.41) is 9.18. The fourth-order valence-electron chi connectivity index (χ4n) is 2.57. The molecule has 2 atom stereocenters. The molecule has 21 heavy (non-hydrogen) atoms. The molecule has 1 saturated heterocycles. The van der Waals surface area contributed by atoms with Crippen molar-refractivity contribution in [2.45, 2.75) is 26.2 Å². The maximum atomic E-state index is 12.7. The number of amides is 2. The monoisotopic (exact) mass is 301 g/mol. The Balaban J connectivity index is 1.97. The van der Waals surface area contributed by atoms with Gasteiger partial charge in [-0.15, -0.1) is 10.2 Å². The topological polar surface area (TPSA) is 63.2 Å². The standard InChI is InChI=1S/C15H15N3O2S/c1-3-11-16-17-15(21-11)18-13(19)9(2)12(14(18)20)10-7-5-4-6-8-10/h4-9,12H,3H2,1-2H3. The van der Waals surface area contributed by atoms with Crippen molar-refractivity contribution in [1.82, 2.24) is 10.2 Å². The number of carbonyl (C=O) groups is 2. The largest absolute Gasteiger partial charge is 0.274 e. The maximum Gasteiger partial charge on any atom is 0.244 e. The van der Waals surface area contributed by atoms with Gasteiger partial charge in [-0.3, -0.25) is 9.59 Å². The average Bonchev–Trinajstić information content (AvgIpc) is 3.04. The lowest BCUT2D eigenvalue weighted by molar-refractivity contribution is -0.122. The summed E-state index contributed by atoms with van der Waals surface area (Å²) in [5.41, 5.74) is 0.867. The Bertz CT molecular complexity index is 683. The third-order valence-electron chi connectivity index (χ3n) is 3.70. The maximum absolute atomic E-state index is 12.7. The van der Waals surface area contributed by atoms with Gasteiger partial charge >= 0.3 is 0 Å². The second kappa shape index (κ2) is 5.37. The van der Waals surface area contributed by atoms with Gasteiger partial charge in [-0.2, -0.15) is 0 Å². The van der Waals surface area contributed by atoms with Crippen LogP contribution in [-0.4, -0.2) is 22.0 Å². The molecule has 3 rings (SSSR count). The van der Waals surface area contributed by atoms with Crippen LogP contribution in [0.1, 0.15) is 30.3 Å². The molecule has 2 heterocycles. The Labute approximate surface area is 126 Å². The fourth-order valence-corrected chi connectivity index (χ4v) is 3.36. The number of hydrogen-bond acceptors (Lipinski definition) is 5. The van der Waals surface area contributed by atoms with Crippen LogP contribution < -0.4 is 4.90 Å². The zero-order valence-electron chi connectivity index (χ0n) is 11.8. The van der Waals surface area contributed by atoms with Crippen molar-refractivity contribution in [3.8, 4) is 0 Å². The minimum absolute atomic E-state index is 0.201. The highest BCUT2D eigenvalue weighted by atomic mass is 32.1. The number of anilines is 1. The highest BCUT2D eigenvalue weighted by Gasteiger charge is 2.47. The normalized spacial score (nSPS) is 22.1. The summed E-state index contributed by atoms with van der Waals surface area (Å²) in [7, 11) is 0. The molecule has 1 fully saturated rings. The lowest BCUT2D eigenvalue weighted by Gasteiger charge is -2.11. The summed E-state index contributed by atoms with van der Waals surface area (Å²) in [6.45, 7) is 3.76. The van der Waals surface area contributed by atoms with E-state index in [-0.39, 0.29) is 17.7 Å². The minimum Gasteiger partial charge on any atom is -0.274 e. The Kier molecular flexibility index (Phi) is 3.55. The molecule has 1 aromatic heterocycles. The zero-order chi connectivity index (χ0) is 15.0. The summed E-state index contributed by atoms with van der Waals surface area (Å²) < 4.78 is 0. The minimum atomic E-state index is -0.437. The van der Waals surface area contributed by atoms with Gasteiger partial charge in [-0.05, 0) is 12.0 Å². The Morgan fingerprint density at radius 3 is 2.48 bits per heavy atom. The third-order valence-corrected chi connectivity index (χ3v) is 4.76. The van der Waals surface area contributed by atoms with Crippen LogP contribution in [0.15, 0.2) is 30.3 Å². The molecule has 1 aliphatic heterocycles. The van der Waals surface area contributed by atoms with Gasteiger partial charge in [0.1, 0.15) is 5.01 Å². The lowest BCUT2D eigenvalue weighted by Crippen LogP contribution is -2.30. The molecule has 0 saturated carbocycles. The van der Waals surface area contributed by atoms with Gasteiger partial charge in [0.2, 0.25) is 16.9 Å². The van der Waals surface area contributed by atoms with Gasteiger partial charge in [0.15, 0.2) is 0 Å². The Morgan fingerprint density at radius 2 is 1.86 bits per heavy atom. The predicted molar refractivity (Wildman–Crippen MR) is 80.1 cm³/mol. The van der Waals surface area contributed by atoms with Crippen LogP contribution in [0.2, 0.25) is 0 Å². The molecular weight excluding hydrogens is 286 g/mol. The number of carbonyl (C=O) groups excluding carboxylic acids is 2. The van der Waals surface area contributed by atoms with E-state index in [1.54, 1.807) is 6.92 Å². The van der Waals surface area contributed by atoms with E-state index in [9.17, 15) is 9.59 Å². The molecule has 5 nitrogen and oxygen atoms in total. The van der Waals surface area contributed by atoms with Crippen molar-refractivity contribution in [2.75, 3.05) is 4.90 Å². The summed E-state index contributed by atoms with van der Waals surface area (Å²) in [4.78, 5) is 26.3. The van der Waals surface area contributed by atoms with E-state index >= 15 is 0 Å². The number of benzene rings is 1. The molecule has 2 aromatic rings. The Hall–Kier alpha value is -2.08. The molecule has 2 unspecified atom stereocenters. The molecule has 108 valence electrons. The number of hydrogen-bond donors (Lipinski definition) is 0. The van der Waals surface area contributed by atoms with E-state index in [4.69, 9.17) is 0 Å². The summed E-state index contributed by atoms with van der Waals surface area (Å²) in [6, 6.07) is 9.41. The SMILES string of the molecule is CCc1nnc(N2C(=O)C(C)C(c3ccccc3)C2=O)s1. The first kappa shape index (κ1) is 13.9. The van der Waals surface area contributed by atoms with E-state index in [1.807, 2.05) is 37.3 Å². The van der Waals surface area contributed by atoms with E-state index in [0.717, 1.165) is 17.0 Å². The molecule has 2 amide bonds. The number of imide groups is 1. The zero-order valence-corrected chi connectivity index (χ0v) is 12.6. The van der Waals surface area contributed by atoms with E-state index < -0.39 is 5.92 Å². The second-order valence-electron chi connectivity index (χ2n) is 5.02. The first-order valence-corrected chi connectivity index (χ1v) is 7.70. The number of nitrogens with zero attached hydrogens (tertiary/aromatic N) is 3. The van der Waals surface area contributed by atoms with Crippen LogP contribution in [0, 0.1) is 5.92 Å². The number of rotatable bonds is 3. The number of aryl methyl sites for hydroxylation is 1. The van der Waals surface area contributed by atoms with Crippen molar-refractivity contribution in [3.05, 3.63) is 40.9 Å². The summed E-state index contributed by atoms with van der Waals surface area (Å²) in [5.74, 6) is -1.23. The van der Waals surface area contributed by atoms with Gasteiger partial charge in [-0.1, -0.05) is 55.5 Å². The first-order chi connectivity index (χ1) is 10.1. The molecule has 0 aliphatic carbocycles. The van der Waals surface area contributed by atoms with Gasteiger partial charge < -0.3 is 0 Å². The van der Waals surface area contributed by atoms with E-state index in [0.29, 0.717) is 5.13 Å². The van der Waals surface area contributed by atoms with Crippen molar-refractivity contribution < 1.29 is 9.59 Å². The highest BCUT2D eigenvalue weighted by Crippen LogP contribution is 2.38. The van der Waals surface area contributed by atoms with Crippen LogP contribution in [0.4, 0.5) is 5.13 Å². The van der Waals surface area contributed by atoms with Gasteiger partial charge in [-0.25, -0.2) is 4.90 Å². The summed E-state index contributed by atoms with van der Waals surface area (Å²) >= 11 is 1.30. The van der Waals surface area contributed by atoms with Gasteiger partial charge in [0, 0.05) is 0 Å². The molecule has 1 aromatic carbocycles. The molecule has 0 bridgehead atoms. The van der Waals surface area contributed by atoms with Gasteiger partial charge in [0.25, 0.3) is 0 Å². The van der Waals surface area contributed by atoms with Crippen LogP contribution in [0.3, 0.4) is 0 Å². The van der Waals surface area contributed by atoms with Crippen molar-refractivity contribution >= 4 is 28.3 Å². The summed E-state index contributed by atoms with van der Waals surface area (Å²) in [6.07, 6.45) is 0.742. The number of aromatic nitrogens is 2. The Morgan fingerprint density at radius 1 is 1.14 bits per heavy atom. The molecule has 1 aliphatic rings. The third kappa shape index (κ3) is 2.25. The first-order valence-electron chi connectivity index (χ1n) is 6.88. The lowest BCUT2D eigenvalue weighted by atomic mass is 9.89. The molecular formula is C15H15N3O2S. The molecule has 0 radical (unpaired) electrons.